The molecule has 0 bridgehead atoms. The van der Waals surface area contributed by atoms with Crippen molar-refractivity contribution in [3.8, 4) is 0 Å². The Kier molecular flexibility index (Phi) is 6.42. The number of amides is 1. The van der Waals surface area contributed by atoms with Crippen LogP contribution in [0.25, 0.3) is 0 Å². The summed E-state index contributed by atoms with van der Waals surface area (Å²) >= 11 is 0. The number of nitrogens with one attached hydrogen (secondary N) is 2. The van der Waals surface area contributed by atoms with Crippen LogP contribution in [0.5, 0.6) is 0 Å². The minimum absolute atomic E-state index is 0.213. The molecule has 3 rings (SSSR count). The van der Waals surface area contributed by atoms with Crippen molar-refractivity contribution in [1.82, 2.24) is 10.8 Å². The van der Waals surface area contributed by atoms with Crippen LogP contribution in [-0.2, 0) is 9.53 Å². The van der Waals surface area contributed by atoms with Crippen molar-refractivity contribution < 1.29 is 19.1 Å². The molecular weight excluding hydrogens is 347 g/mol. The molecule has 2 aliphatic rings. The highest BCUT2D eigenvalue weighted by atomic mass is 19.1. The SMILES string of the molecule is CCCC1=CC(C)C(c2ccc(C3OC3NC(CF)C(=O)NO)cc2)C=C1. The van der Waals surface area contributed by atoms with Gasteiger partial charge in [0.05, 0.1) is 0 Å². The zero-order valence-corrected chi connectivity index (χ0v) is 15.7. The van der Waals surface area contributed by atoms with Gasteiger partial charge in [-0.25, -0.2) is 9.87 Å². The molecule has 0 radical (unpaired) electrons. The highest BCUT2D eigenvalue weighted by Gasteiger charge is 2.42. The molecule has 146 valence electrons. The number of hydroxylamine groups is 1. The zero-order chi connectivity index (χ0) is 19.4. The van der Waals surface area contributed by atoms with E-state index in [-0.39, 0.29) is 6.10 Å². The first-order valence-electron chi connectivity index (χ1n) is 9.47. The molecule has 1 saturated heterocycles. The van der Waals surface area contributed by atoms with Crippen molar-refractivity contribution in [2.75, 3.05) is 6.67 Å². The number of hydrogen-bond donors (Lipinski definition) is 3. The number of halogens is 1. The fraction of sp³-hybridized carbons (Fsp3) is 0.476. The van der Waals surface area contributed by atoms with E-state index >= 15 is 0 Å². The van der Waals surface area contributed by atoms with Crippen molar-refractivity contribution in [3.05, 3.63) is 59.2 Å². The summed E-state index contributed by atoms with van der Waals surface area (Å²) < 4.78 is 18.4. The number of hydrogen-bond acceptors (Lipinski definition) is 4. The third kappa shape index (κ3) is 4.64. The van der Waals surface area contributed by atoms with E-state index in [9.17, 15) is 9.18 Å². The largest absolute Gasteiger partial charge is 0.348 e. The normalized spacial score (nSPS) is 27.8. The fourth-order valence-electron chi connectivity index (χ4n) is 3.64. The van der Waals surface area contributed by atoms with Gasteiger partial charge in [0.1, 0.15) is 25.0 Å². The molecule has 0 saturated carbocycles. The Morgan fingerprint density at radius 3 is 2.59 bits per heavy atom. The molecule has 5 nitrogen and oxygen atoms in total. The lowest BCUT2D eigenvalue weighted by Gasteiger charge is -2.23. The van der Waals surface area contributed by atoms with E-state index in [4.69, 9.17) is 9.94 Å². The maximum absolute atomic E-state index is 12.9. The maximum Gasteiger partial charge on any atom is 0.263 e. The van der Waals surface area contributed by atoms with Crippen molar-refractivity contribution in [2.45, 2.75) is 51.0 Å². The average molecular weight is 374 g/mol. The minimum Gasteiger partial charge on any atom is -0.348 e. The molecule has 1 aromatic carbocycles. The van der Waals surface area contributed by atoms with Crippen molar-refractivity contribution >= 4 is 5.91 Å². The first-order chi connectivity index (χ1) is 13.1. The number of ether oxygens (including phenoxy) is 1. The van der Waals surface area contributed by atoms with Gasteiger partial charge < -0.3 is 4.74 Å². The van der Waals surface area contributed by atoms with E-state index in [2.05, 4.69) is 49.5 Å². The predicted molar refractivity (Wildman–Crippen MR) is 101 cm³/mol. The van der Waals surface area contributed by atoms with Gasteiger partial charge in [-0.05, 0) is 23.5 Å². The second-order valence-electron chi connectivity index (χ2n) is 7.23. The molecule has 6 heteroatoms. The van der Waals surface area contributed by atoms with Gasteiger partial charge in [-0.15, -0.1) is 0 Å². The number of carbonyl (C=O) groups is 1. The zero-order valence-electron chi connectivity index (χ0n) is 15.7. The molecule has 1 fully saturated rings. The predicted octanol–water partition coefficient (Wildman–Crippen LogP) is 3.53. The highest BCUT2D eigenvalue weighted by molar-refractivity contribution is 5.80. The lowest BCUT2D eigenvalue weighted by Crippen LogP contribution is -2.46. The van der Waals surface area contributed by atoms with E-state index in [0.717, 1.165) is 18.4 Å². The summed E-state index contributed by atoms with van der Waals surface area (Å²) in [6.07, 6.45) is 8.50. The smallest absolute Gasteiger partial charge is 0.263 e. The molecule has 0 aromatic heterocycles. The number of carbonyl (C=O) groups excluding carboxylic acids is 1. The van der Waals surface area contributed by atoms with Crippen LogP contribution in [0.1, 0.15) is 49.8 Å². The third-order valence-electron chi connectivity index (χ3n) is 5.19. The van der Waals surface area contributed by atoms with Crippen LogP contribution < -0.4 is 10.8 Å². The molecule has 0 spiro atoms. The van der Waals surface area contributed by atoms with E-state index in [1.165, 1.54) is 16.6 Å². The van der Waals surface area contributed by atoms with Crippen molar-refractivity contribution in [3.63, 3.8) is 0 Å². The summed E-state index contributed by atoms with van der Waals surface area (Å²) in [6.45, 7) is 3.51. The summed E-state index contributed by atoms with van der Waals surface area (Å²) in [5.74, 6) is 0.00447. The van der Waals surface area contributed by atoms with Gasteiger partial charge in [-0.1, -0.05) is 68.3 Å². The first-order valence-corrected chi connectivity index (χ1v) is 9.47. The Bertz CT molecular complexity index is 717. The number of benzene rings is 1. The van der Waals surface area contributed by atoms with Gasteiger partial charge in [-0.3, -0.25) is 15.3 Å². The third-order valence-corrected chi connectivity index (χ3v) is 5.19. The molecule has 5 unspecified atom stereocenters. The molecule has 1 amide bonds. The molecule has 1 aliphatic carbocycles. The van der Waals surface area contributed by atoms with Crippen molar-refractivity contribution in [1.29, 1.82) is 0 Å². The Morgan fingerprint density at radius 1 is 1.30 bits per heavy atom. The summed E-state index contributed by atoms with van der Waals surface area (Å²) in [6, 6.07) is 7.12. The van der Waals surface area contributed by atoms with Gasteiger partial charge in [0.2, 0.25) is 0 Å². The number of alkyl halides is 1. The maximum atomic E-state index is 12.9. The molecule has 1 aliphatic heterocycles. The van der Waals surface area contributed by atoms with E-state index in [1.807, 2.05) is 12.1 Å². The highest BCUT2D eigenvalue weighted by Crippen LogP contribution is 2.39. The van der Waals surface area contributed by atoms with Gasteiger partial charge in [0, 0.05) is 5.92 Å². The van der Waals surface area contributed by atoms with Crippen LogP contribution in [0.15, 0.2) is 48.1 Å². The van der Waals surface area contributed by atoms with Gasteiger partial charge >= 0.3 is 0 Å². The molecular formula is C21H27FN2O3. The second-order valence-corrected chi connectivity index (χ2v) is 7.23. The number of epoxide rings is 1. The van der Waals surface area contributed by atoms with Crippen LogP contribution >= 0.6 is 0 Å². The summed E-state index contributed by atoms with van der Waals surface area (Å²) in [5.41, 5.74) is 5.09. The number of allylic oxidation sites excluding steroid dienone is 4. The monoisotopic (exact) mass is 374 g/mol. The molecule has 3 N–H and O–H groups in total. The Balaban J connectivity index is 1.59. The van der Waals surface area contributed by atoms with Crippen LogP contribution in [0, 0.1) is 5.92 Å². The van der Waals surface area contributed by atoms with Crippen LogP contribution in [0.3, 0.4) is 0 Å². The Labute approximate surface area is 159 Å². The van der Waals surface area contributed by atoms with Crippen LogP contribution in [-0.4, -0.2) is 30.1 Å². The van der Waals surface area contributed by atoms with Gasteiger partial charge in [-0.2, -0.15) is 0 Å². The summed E-state index contributed by atoms with van der Waals surface area (Å²) in [5, 5.41) is 11.4. The Morgan fingerprint density at radius 2 is 2.00 bits per heavy atom. The standard InChI is InChI=1S/C21H27FN2O3/c1-3-4-14-5-10-17(13(2)11-14)15-6-8-16(9-7-15)19-21(27-19)23-18(12-22)20(25)24-26/h5-11,13,17-19,21,23,26H,3-4,12H2,1-2H3,(H,24,25). The lowest BCUT2D eigenvalue weighted by atomic mass is 9.81. The van der Waals surface area contributed by atoms with E-state index < -0.39 is 24.9 Å². The molecule has 27 heavy (non-hydrogen) atoms. The topological polar surface area (TPSA) is 73.9 Å². The molecule has 1 heterocycles. The summed E-state index contributed by atoms with van der Waals surface area (Å²) in [7, 11) is 0. The molecule has 1 aromatic rings. The number of rotatable bonds is 8. The average Bonchev–Trinajstić information content (AvgIpc) is 3.45. The quantitative estimate of drug-likeness (QED) is 0.370. The lowest BCUT2D eigenvalue weighted by molar-refractivity contribution is -0.132. The van der Waals surface area contributed by atoms with Gasteiger partial charge in [0.15, 0.2) is 0 Å². The first kappa shape index (κ1) is 19.7. The van der Waals surface area contributed by atoms with Crippen LogP contribution in [0.4, 0.5) is 4.39 Å². The fourth-order valence-corrected chi connectivity index (χ4v) is 3.64. The van der Waals surface area contributed by atoms with Crippen molar-refractivity contribution in [2.24, 2.45) is 5.92 Å². The van der Waals surface area contributed by atoms with Crippen LogP contribution in [0.2, 0.25) is 0 Å². The van der Waals surface area contributed by atoms with Gasteiger partial charge in [0.25, 0.3) is 5.91 Å². The Hall–Kier alpha value is -2.02. The summed E-state index contributed by atoms with van der Waals surface area (Å²) in [4.78, 5) is 11.3. The second kappa shape index (κ2) is 8.78. The molecule has 5 atom stereocenters. The van der Waals surface area contributed by atoms with E-state index in [0.29, 0.717) is 11.8 Å². The minimum atomic E-state index is -1.12. The van der Waals surface area contributed by atoms with E-state index in [1.54, 1.807) is 0 Å².